The molecule has 0 radical (unpaired) electrons. The van der Waals surface area contributed by atoms with Crippen molar-refractivity contribution in [3.05, 3.63) is 92.8 Å². The lowest BCUT2D eigenvalue weighted by molar-refractivity contribution is -0.113. The Morgan fingerprint density at radius 2 is 1.89 bits per heavy atom. The lowest BCUT2D eigenvalue weighted by atomic mass is 10.2. The van der Waals surface area contributed by atoms with E-state index in [1.807, 2.05) is 6.92 Å². The van der Waals surface area contributed by atoms with Crippen molar-refractivity contribution < 1.29 is 19.1 Å². The van der Waals surface area contributed by atoms with Crippen LogP contribution in [0.25, 0.3) is 22.8 Å². The molecule has 0 aliphatic rings. The number of amides is 1. The van der Waals surface area contributed by atoms with E-state index in [1.165, 1.54) is 16.5 Å². The lowest BCUT2D eigenvalue weighted by Crippen LogP contribution is -2.33. The average Bonchev–Trinajstić information content (AvgIpc) is 2.92. The van der Waals surface area contributed by atoms with Gasteiger partial charge in [-0.15, -0.1) is 0 Å². The first-order chi connectivity index (χ1) is 18.4. The topological polar surface area (TPSA) is 104 Å². The minimum atomic E-state index is -0.696. The summed E-state index contributed by atoms with van der Waals surface area (Å²) >= 11 is 5.93. The van der Waals surface area contributed by atoms with Crippen LogP contribution in [0.2, 0.25) is 5.02 Å². The maximum Gasteiger partial charge on any atom is 0.341 e. The number of fused-ring (bicyclic) bond motifs is 2. The predicted octanol–water partition coefficient (Wildman–Crippen LogP) is 4.05. The Morgan fingerprint density at radius 3 is 2.63 bits per heavy atom. The number of aromatic nitrogens is 3. The number of rotatable bonds is 9. The second-order valence-electron chi connectivity index (χ2n) is 8.22. The second-order valence-corrected chi connectivity index (χ2v) is 8.66. The van der Waals surface area contributed by atoms with E-state index < -0.39 is 11.9 Å². The molecule has 3 heterocycles. The van der Waals surface area contributed by atoms with Gasteiger partial charge in [0.15, 0.2) is 5.49 Å². The van der Waals surface area contributed by atoms with E-state index in [2.05, 4.69) is 9.98 Å². The number of hydrogen-bond donors (Lipinski definition) is 0. The van der Waals surface area contributed by atoms with Crippen molar-refractivity contribution in [1.82, 2.24) is 14.0 Å². The number of benzene rings is 1. The Morgan fingerprint density at radius 1 is 1.11 bits per heavy atom. The second kappa shape index (κ2) is 12.4. The molecule has 10 heteroatoms. The molecule has 196 valence electrons. The van der Waals surface area contributed by atoms with E-state index >= 15 is 0 Å². The van der Waals surface area contributed by atoms with Crippen molar-refractivity contribution in [2.75, 3.05) is 19.8 Å². The maximum absolute atomic E-state index is 13.4. The van der Waals surface area contributed by atoms with Crippen LogP contribution in [0.1, 0.15) is 36.2 Å². The molecule has 9 nitrogen and oxygen atoms in total. The summed E-state index contributed by atoms with van der Waals surface area (Å²) in [6.45, 7) is 4.96. The number of carbonyl (C=O) groups is 2. The molecule has 0 N–H and O–H groups in total. The number of nitrogens with zero attached hydrogens (tertiary/aromatic N) is 4. The molecule has 0 saturated heterocycles. The molecule has 0 spiro atoms. The quantitative estimate of drug-likeness (QED) is 0.139. The Hall–Kier alpha value is -4.08. The Labute approximate surface area is 223 Å². The molecule has 0 bridgehead atoms. The van der Waals surface area contributed by atoms with Gasteiger partial charge in [-0.1, -0.05) is 29.8 Å². The molecule has 0 atom stereocenters. The zero-order valence-corrected chi connectivity index (χ0v) is 21.9. The van der Waals surface area contributed by atoms with Gasteiger partial charge in [0.1, 0.15) is 16.9 Å². The monoisotopic (exact) mass is 534 g/mol. The Kier molecular flexibility index (Phi) is 8.83. The highest BCUT2D eigenvalue weighted by atomic mass is 35.5. The van der Waals surface area contributed by atoms with E-state index in [0.717, 1.165) is 5.56 Å². The first kappa shape index (κ1) is 27.0. The van der Waals surface area contributed by atoms with E-state index in [9.17, 15) is 14.4 Å². The molecule has 1 aromatic carbocycles. The summed E-state index contributed by atoms with van der Waals surface area (Å²) in [5.74, 6) is -1.29. The highest BCUT2D eigenvalue weighted by Crippen LogP contribution is 2.13. The van der Waals surface area contributed by atoms with Gasteiger partial charge in [0.2, 0.25) is 0 Å². The van der Waals surface area contributed by atoms with Gasteiger partial charge in [-0.3, -0.25) is 14.0 Å². The van der Waals surface area contributed by atoms with Crippen LogP contribution in [0.3, 0.4) is 0 Å². The number of hydrogen-bond acceptors (Lipinski definition) is 6. The molecule has 3 aromatic heterocycles. The molecule has 1 amide bonds. The molecule has 0 fully saturated rings. The minimum absolute atomic E-state index is 0.00113. The number of aryl methyl sites for hydroxylation is 1. The fourth-order valence-corrected chi connectivity index (χ4v) is 4.05. The fourth-order valence-electron chi connectivity index (χ4n) is 3.92. The van der Waals surface area contributed by atoms with Crippen LogP contribution in [0, 0.1) is 0 Å². The lowest BCUT2D eigenvalue weighted by Gasteiger charge is -2.15. The first-order valence-electron chi connectivity index (χ1n) is 12.2. The first-order valence-corrected chi connectivity index (χ1v) is 12.6. The highest BCUT2D eigenvalue weighted by molar-refractivity contribution is 6.30. The summed E-state index contributed by atoms with van der Waals surface area (Å²) in [7, 11) is 0. The van der Waals surface area contributed by atoms with Crippen molar-refractivity contribution in [2.45, 2.75) is 26.8 Å². The van der Waals surface area contributed by atoms with Crippen molar-refractivity contribution in [3.63, 3.8) is 0 Å². The number of carbonyl (C=O) groups excluding carboxylic acids is 2. The van der Waals surface area contributed by atoms with Gasteiger partial charge in [0.25, 0.3) is 11.5 Å². The van der Waals surface area contributed by atoms with Crippen LogP contribution in [0.4, 0.5) is 0 Å². The minimum Gasteiger partial charge on any atom is -0.462 e. The highest BCUT2D eigenvalue weighted by Gasteiger charge is 2.19. The number of esters is 1. The Bertz CT molecular complexity index is 1640. The van der Waals surface area contributed by atoms with Crippen LogP contribution in [0.15, 0.2) is 70.6 Å². The SMILES string of the molecule is CCOCCCn1c(=NC(=O)C=Cc2ccc(Cl)cc2)c(C(=O)OCC)cc2c(=O)n3ccccc3nc21. The molecule has 0 aliphatic carbocycles. The third kappa shape index (κ3) is 6.07. The normalized spacial score (nSPS) is 12.0. The largest absolute Gasteiger partial charge is 0.462 e. The maximum atomic E-state index is 13.4. The summed E-state index contributed by atoms with van der Waals surface area (Å²) in [6.07, 6.45) is 5.05. The Balaban J connectivity index is 1.95. The molecule has 4 rings (SSSR count). The van der Waals surface area contributed by atoms with Crippen molar-refractivity contribution >= 4 is 46.2 Å². The van der Waals surface area contributed by atoms with E-state index in [-0.39, 0.29) is 28.6 Å². The van der Waals surface area contributed by atoms with Gasteiger partial charge in [-0.25, -0.2) is 9.78 Å². The number of halogens is 1. The van der Waals surface area contributed by atoms with Gasteiger partial charge in [-0.2, -0.15) is 4.99 Å². The molecule has 4 aromatic rings. The number of pyridine rings is 2. The molecular weight excluding hydrogens is 508 g/mol. The summed E-state index contributed by atoms with van der Waals surface area (Å²) in [4.78, 5) is 48.3. The smallest absolute Gasteiger partial charge is 0.341 e. The van der Waals surface area contributed by atoms with Gasteiger partial charge >= 0.3 is 5.97 Å². The zero-order chi connectivity index (χ0) is 27.1. The molecule has 38 heavy (non-hydrogen) atoms. The number of ether oxygens (including phenoxy) is 2. The van der Waals surface area contributed by atoms with Crippen LogP contribution in [-0.4, -0.2) is 45.6 Å². The average molecular weight is 535 g/mol. The van der Waals surface area contributed by atoms with Crippen LogP contribution in [-0.2, 0) is 20.8 Å². The zero-order valence-electron chi connectivity index (χ0n) is 21.1. The third-order valence-electron chi connectivity index (χ3n) is 5.66. The van der Waals surface area contributed by atoms with Crippen LogP contribution < -0.4 is 11.0 Å². The summed E-state index contributed by atoms with van der Waals surface area (Å²) in [5.41, 5.74) is 1.19. The van der Waals surface area contributed by atoms with Crippen molar-refractivity contribution in [2.24, 2.45) is 4.99 Å². The van der Waals surface area contributed by atoms with Gasteiger partial charge < -0.3 is 14.0 Å². The third-order valence-corrected chi connectivity index (χ3v) is 5.92. The van der Waals surface area contributed by atoms with E-state index in [4.69, 9.17) is 21.1 Å². The molecule has 0 unspecified atom stereocenters. The molecule has 0 saturated carbocycles. The predicted molar refractivity (Wildman–Crippen MR) is 145 cm³/mol. The summed E-state index contributed by atoms with van der Waals surface area (Å²) < 4.78 is 13.8. The van der Waals surface area contributed by atoms with Gasteiger partial charge in [0, 0.05) is 37.1 Å². The fraction of sp³-hybridized carbons (Fsp3) is 0.250. The van der Waals surface area contributed by atoms with E-state index in [0.29, 0.717) is 42.5 Å². The molecular formula is C28H27ClN4O5. The molecule has 0 aliphatic heterocycles. The van der Waals surface area contributed by atoms with Crippen LogP contribution >= 0.6 is 11.6 Å². The standard InChI is InChI=1S/C28H27ClN4O5/c1-3-37-17-7-16-33-25-21(27(35)32-15-6-5-8-23(32)30-25)18-22(28(36)38-4-2)26(33)31-24(34)14-11-19-9-12-20(29)13-10-19/h5-6,8-15,18H,3-4,7,16-17H2,1-2H3. The van der Waals surface area contributed by atoms with Crippen LogP contribution in [0.5, 0.6) is 0 Å². The summed E-state index contributed by atoms with van der Waals surface area (Å²) in [6, 6.07) is 13.6. The summed E-state index contributed by atoms with van der Waals surface area (Å²) in [5, 5.41) is 0.786. The van der Waals surface area contributed by atoms with Gasteiger partial charge in [-0.05, 0) is 62.2 Å². The van der Waals surface area contributed by atoms with Crippen molar-refractivity contribution in [1.29, 1.82) is 0 Å². The van der Waals surface area contributed by atoms with Crippen molar-refractivity contribution in [3.8, 4) is 0 Å². The van der Waals surface area contributed by atoms with Gasteiger partial charge in [0.05, 0.1) is 12.0 Å². The van der Waals surface area contributed by atoms with E-state index in [1.54, 1.807) is 66.2 Å².